The van der Waals surface area contributed by atoms with Gasteiger partial charge in [0.25, 0.3) is 0 Å². The molecule has 4 heteroatoms. The average Bonchev–Trinajstić information content (AvgIpc) is 2.78. The maximum atomic E-state index is 6.41. The zero-order valence-corrected chi connectivity index (χ0v) is 20.0. The maximum absolute atomic E-state index is 6.41. The van der Waals surface area contributed by atoms with Gasteiger partial charge in [0.1, 0.15) is 0 Å². The summed E-state index contributed by atoms with van der Waals surface area (Å²) in [6.07, 6.45) is 1.11. The molecule has 0 amide bonds. The van der Waals surface area contributed by atoms with E-state index in [1.54, 1.807) is 0 Å². The van der Waals surface area contributed by atoms with Gasteiger partial charge in [-0.05, 0) is 60.4 Å². The summed E-state index contributed by atoms with van der Waals surface area (Å²) in [4.78, 5) is 2.49. The van der Waals surface area contributed by atoms with Crippen molar-refractivity contribution in [1.29, 1.82) is 0 Å². The highest BCUT2D eigenvalue weighted by atomic mass is 35.5. The van der Waals surface area contributed by atoms with Crippen LogP contribution in [0.3, 0.4) is 0 Å². The number of rotatable bonds is 10. The minimum Gasteiger partial charge on any atom is -0.304 e. The molecule has 0 aliphatic carbocycles. The molecule has 0 saturated carbocycles. The molecule has 0 spiro atoms. The first-order chi connectivity index (χ1) is 14.6. The molecule has 0 saturated heterocycles. The van der Waals surface area contributed by atoms with Crippen molar-refractivity contribution >= 4 is 35.0 Å². The molecule has 0 heterocycles. The zero-order valence-electron chi connectivity index (χ0n) is 17.7. The molecule has 0 radical (unpaired) electrons. The van der Waals surface area contributed by atoms with E-state index in [1.807, 2.05) is 30.0 Å². The topological polar surface area (TPSA) is 3.24 Å². The highest BCUT2D eigenvalue weighted by Gasteiger charge is 2.15. The molecule has 0 N–H and O–H groups in total. The third-order valence-electron chi connectivity index (χ3n) is 5.45. The second-order valence-electron chi connectivity index (χ2n) is 7.34. The van der Waals surface area contributed by atoms with Crippen LogP contribution in [0, 0.1) is 0 Å². The predicted molar refractivity (Wildman–Crippen MR) is 135 cm³/mol. The molecule has 30 heavy (non-hydrogen) atoms. The minimum atomic E-state index is 0.419. The van der Waals surface area contributed by atoms with Gasteiger partial charge in [0.15, 0.2) is 0 Å². The van der Waals surface area contributed by atoms with Crippen LogP contribution < -0.4 is 0 Å². The normalized spacial score (nSPS) is 12.3. The molecule has 158 valence electrons. The minimum absolute atomic E-state index is 0.419. The lowest BCUT2D eigenvalue weighted by molar-refractivity contribution is 0.299. The lowest BCUT2D eigenvalue weighted by atomic mass is 10.0. The van der Waals surface area contributed by atoms with Crippen LogP contribution in [-0.2, 0) is 5.75 Å². The molecule has 0 bridgehead atoms. The second kappa shape index (κ2) is 11.8. The summed E-state index contributed by atoms with van der Waals surface area (Å²) in [5, 5.41) is 1.85. The summed E-state index contributed by atoms with van der Waals surface area (Å²) in [5.74, 6) is 0.874. The van der Waals surface area contributed by atoms with Crippen LogP contribution in [0.5, 0.6) is 0 Å². The summed E-state index contributed by atoms with van der Waals surface area (Å²) in [6.45, 7) is 7.73. The second-order valence-corrected chi connectivity index (χ2v) is 9.37. The van der Waals surface area contributed by atoms with Crippen LogP contribution >= 0.6 is 35.0 Å². The van der Waals surface area contributed by atoms with E-state index >= 15 is 0 Å². The highest BCUT2D eigenvalue weighted by molar-refractivity contribution is 7.98. The van der Waals surface area contributed by atoms with Gasteiger partial charge in [0.05, 0.1) is 0 Å². The van der Waals surface area contributed by atoms with E-state index in [-0.39, 0.29) is 0 Å². The standard InChI is InChI=1S/C26H29Cl2NS/c1-3-29(4-2)17-16-26(30-19-23-14-15-24(27)18-25(23)28)22-12-10-21(11-13-22)20-8-6-5-7-9-20/h5-15,18,26H,3-4,16-17,19H2,1-2H3. The van der Waals surface area contributed by atoms with Crippen molar-refractivity contribution in [2.24, 2.45) is 0 Å². The fourth-order valence-electron chi connectivity index (χ4n) is 3.54. The van der Waals surface area contributed by atoms with Gasteiger partial charge in [0, 0.05) is 21.0 Å². The quantitative estimate of drug-likeness (QED) is 0.300. The van der Waals surface area contributed by atoms with Crippen LogP contribution in [0.15, 0.2) is 72.8 Å². The Kier molecular flexibility index (Phi) is 9.14. The molecule has 0 aromatic heterocycles. The fraction of sp³-hybridized carbons (Fsp3) is 0.308. The fourth-order valence-corrected chi connectivity index (χ4v) is 5.34. The Balaban J connectivity index is 1.76. The van der Waals surface area contributed by atoms with E-state index in [0.29, 0.717) is 10.3 Å². The molecule has 3 aromatic rings. The number of hydrogen-bond donors (Lipinski definition) is 0. The highest BCUT2D eigenvalue weighted by Crippen LogP contribution is 2.37. The SMILES string of the molecule is CCN(CC)CCC(SCc1ccc(Cl)cc1Cl)c1ccc(-c2ccccc2)cc1. The Labute approximate surface area is 195 Å². The Bertz CT molecular complexity index is 908. The van der Waals surface area contributed by atoms with Crippen molar-refractivity contribution in [3.05, 3.63) is 94.0 Å². The number of thioether (sulfide) groups is 1. The summed E-state index contributed by atoms with van der Waals surface area (Å²) in [6, 6.07) is 25.4. The smallest absolute Gasteiger partial charge is 0.0461 e. The van der Waals surface area contributed by atoms with Crippen molar-refractivity contribution in [1.82, 2.24) is 4.90 Å². The maximum Gasteiger partial charge on any atom is 0.0461 e. The number of hydrogen-bond acceptors (Lipinski definition) is 2. The number of halogens is 2. The van der Waals surface area contributed by atoms with Gasteiger partial charge >= 0.3 is 0 Å². The molecule has 1 nitrogen and oxygen atoms in total. The molecular weight excluding hydrogens is 429 g/mol. The van der Waals surface area contributed by atoms with Crippen molar-refractivity contribution in [3.63, 3.8) is 0 Å². The average molecular weight is 458 g/mol. The van der Waals surface area contributed by atoms with Crippen LogP contribution in [0.2, 0.25) is 10.0 Å². The van der Waals surface area contributed by atoms with Gasteiger partial charge in [-0.15, -0.1) is 11.8 Å². The molecule has 3 aromatic carbocycles. The lowest BCUT2D eigenvalue weighted by Gasteiger charge is -2.23. The Morgan fingerprint density at radius 2 is 1.50 bits per heavy atom. The van der Waals surface area contributed by atoms with Crippen LogP contribution in [0.25, 0.3) is 11.1 Å². The van der Waals surface area contributed by atoms with Crippen molar-refractivity contribution < 1.29 is 0 Å². The summed E-state index contributed by atoms with van der Waals surface area (Å²) < 4.78 is 0. The number of benzene rings is 3. The van der Waals surface area contributed by atoms with Crippen molar-refractivity contribution in [2.45, 2.75) is 31.3 Å². The zero-order chi connectivity index (χ0) is 21.3. The van der Waals surface area contributed by atoms with Gasteiger partial charge in [-0.3, -0.25) is 0 Å². The third-order valence-corrected chi connectivity index (χ3v) is 7.42. The van der Waals surface area contributed by atoms with Crippen LogP contribution in [0.1, 0.15) is 36.6 Å². The number of nitrogens with zero attached hydrogens (tertiary/aromatic N) is 1. The molecule has 0 aliphatic rings. The first kappa shape index (κ1) is 23.2. The van der Waals surface area contributed by atoms with Crippen LogP contribution in [-0.4, -0.2) is 24.5 Å². The monoisotopic (exact) mass is 457 g/mol. The first-order valence-corrected chi connectivity index (χ1v) is 12.3. The summed E-state index contributed by atoms with van der Waals surface area (Å²) in [7, 11) is 0. The van der Waals surface area contributed by atoms with Gasteiger partial charge in [0.2, 0.25) is 0 Å². The Morgan fingerprint density at radius 1 is 0.833 bits per heavy atom. The summed E-state index contributed by atoms with van der Waals surface area (Å²) in [5.41, 5.74) is 5.02. The molecule has 1 unspecified atom stereocenters. The molecule has 0 aliphatic heterocycles. The molecule has 1 atom stereocenters. The van der Waals surface area contributed by atoms with Crippen molar-refractivity contribution in [2.75, 3.05) is 19.6 Å². The van der Waals surface area contributed by atoms with Crippen molar-refractivity contribution in [3.8, 4) is 11.1 Å². The van der Waals surface area contributed by atoms with E-state index in [2.05, 4.69) is 73.3 Å². The third kappa shape index (κ3) is 6.52. The summed E-state index contributed by atoms with van der Waals surface area (Å²) >= 11 is 14.4. The van der Waals surface area contributed by atoms with E-state index in [4.69, 9.17) is 23.2 Å². The molecule has 0 fully saturated rings. The van der Waals surface area contributed by atoms with Gasteiger partial charge in [-0.2, -0.15) is 0 Å². The van der Waals surface area contributed by atoms with E-state index in [9.17, 15) is 0 Å². The van der Waals surface area contributed by atoms with E-state index < -0.39 is 0 Å². The molecular formula is C26H29Cl2NS. The van der Waals surface area contributed by atoms with E-state index in [1.165, 1.54) is 16.7 Å². The molecule has 3 rings (SSSR count). The van der Waals surface area contributed by atoms with Gasteiger partial charge in [-0.1, -0.05) is 97.7 Å². The Hall–Kier alpha value is -1.45. The first-order valence-electron chi connectivity index (χ1n) is 10.5. The van der Waals surface area contributed by atoms with Gasteiger partial charge in [-0.25, -0.2) is 0 Å². The lowest BCUT2D eigenvalue weighted by Crippen LogP contribution is -2.25. The largest absolute Gasteiger partial charge is 0.304 e. The predicted octanol–water partition coefficient (Wildman–Crippen LogP) is 8.37. The van der Waals surface area contributed by atoms with E-state index in [0.717, 1.165) is 42.4 Å². The Morgan fingerprint density at radius 3 is 2.13 bits per heavy atom. The van der Waals surface area contributed by atoms with Crippen LogP contribution in [0.4, 0.5) is 0 Å². The van der Waals surface area contributed by atoms with Gasteiger partial charge < -0.3 is 4.90 Å².